The van der Waals surface area contributed by atoms with Crippen LogP contribution in [0.4, 0.5) is 5.00 Å². The quantitative estimate of drug-likeness (QED) is 0.617. The normalized spacial score (nSPS) is 16.0. The molecular formula is C16H18BrN5O2S2. The number of primary amides is 1. The fourth-order valence-corrected chi connectivity index (χ4v) is 5.27. The van der Waals surface area contributed by atoms with Crippen LogP contribution in [0.3, 0.4) is 0 Å². The van der Waals surface area contributed by atoms with Crippen LogP contribution in [0.25, 0.3) is 0 Å². The van der Waals surface area contributed by atoms with E-state index >= 15 is 0 Å². The van der Waals surface area contributed by atoms with E-state index in [1.165, 1.54) is 22.2 Å². The number of nitrogens with one attached hydrogen (secondary N) is 2. The van der Waals surface area contributed by atoms with E-state index in [9.17, 15) is 9.59 Å². The third kappa shape index (κ3) is 3.67. The van der Waals surface area contributed by atoms with E-state index in [4.69, 9.17) is 18.0 Å². The van der Waals surface area contributed by atoms with Crippen LogP contribution in [0.2, 0.25) is 0 Å². The Morgan fingerprint density at radius 1 is 1.50 bits per heavy atom. The number of halogens is 1. The molecule has 0 radical (unpaired) electrons. The number of carbonyl (C=O) groups is 2. The van der Waals surface area contributed by atoms with Crippen molar-refractivity contribution in [2.24, 2.45) is 18.7 Å². The van der Waals surface area contributed by atoms with Gasteiger partial charge in [0, 0.05) is 11.9 Å². The van der Waals surface area contributed by atoms with E-state index < -0.39 is 11.8 Å². The number of anilines is 1. The van der Waals surface area contributed by atoms with Gasteiger partial charge in [-0.25, -0.2) is 0 Å². The van der Waals surface area contributed by atoms with Crippen molar-refractivity contribution in [3.8, 4) is 0 Å². The van der Waals surface area contributed by atoms with Crippen molar-refractivity contribution < 1.29 is 9.59 Å². The minimum Gasteiger partial charge on any atom is -0.365 e. The zero-order chi connectivity index (χ0) is 19.0. The van der Waals surface area contributed by atoms with E-state index in [0.717, 1.165) is 29.7 Å². The molecule has 0 saturated carbocycles. The summed E-state index contributed by atoms with van der Waals surface area (Å²) < 4.78 is 2.01. The summed E-state index contributed by atoms with van der Waals surface area (Å²) in [4.78, 5) is 25.5. The van der Waals surface area contributed by atoms with Crippen LogP contribution in [0, 0.1) is 5.92 Å². The molecule has 1 aliphatic rings. The number of amides is 2. The Hall–Kier alpha value is -1.78. The van der Waals surface area contributed by atoms with Crippen molar-refractivity contribution in [3.63, 3.8) is 0 Å². The second kappa shape index (κ2) is 7.45. The minimum absolute atomic E-state index is 0.109. The summed E-state index contributed by atoms with van der Waals surface area (Å²) >= 11 is 10.0. The number of hydrogen-bond donors (Lipinski definition) is 3. The standard InChI is InChI=1S/C16H18BrN5O2S2/c1-7-3-4-8-10(5-7)26-15(11(8)13(18)23)21-16(25)20-14(24)12-9(17)6-19-22(12)2/h6-7H,3-5H2,1-2H3,(H2,18,23)(H2,20,21,24,25). The van der Waals surface area contributed by atoms with Gasteiger partial charge in [-0.3, -0.25) is 19.6 Å². The largest absolute Gasteiger partial charge is 0.365 e. The highest BCUT2D eigenvalue weighted by molar-refractivity contribution is 9.10. The van der Waals surface area contributed by atoms with Crippen LogP contribution in [0.1, 0.15) is 44.6 Å². The van der Waals surface area contributed by atoms with E-state index in [1.807, 2.05) is 0 Å². The van der Waals surface area contributed by atoms with Crippen LogP contribution < -0.4 is 16.4 Å². The number of aromatic nitrogens is 2. The number of fused-ring (bicyclic) bond motifs is 1. The van der Waals surface area contributed by atoms with Gasteiger partial charge in [0.1, 0.15) is 10.7 Å². The maximum absolute atomic E-state index is 12.4. The third-order valence-electron chi connectivity index (χ3n) is 4.32. The molecule has 2 amide bonds. The van der Waals surface area contributed by atoms with Crippen LogP contribution in [0.5, 0.6) is 0 Å². The van der Waals surface area contributed by atoms with Gasteiger partial charge in [0.05, 0.1) is 16.2 Å². The van der Waals surface area contributed by atoms with Gasteiger partial charge in [-0.1, -0.05) is 6.92 Å². The molecule has 0 saturated heterocycles. The fraction of sp³-hybridized carbons (Fsp3) is 0.375. The maximum Gasteiger partial charge on any atom is 0.276 e. The molecule has 3 rings (SSSR count). The first-order chi connectivity index (χ1) is 12.3. The molecule has 2 heterocycles. The number of thiocarbonyl (C=S) groups is 1. The van der Waals surface area contributed by atoms with E-state index in [-0.39, 0.29) is 5.11 Å². The molecule has 26 heavy (non-hydrogen) atoms. The molecule has 4 N–H and O–H groups in total. The summed E-state index contributed by atoms with van der Waals surface area (Å²) in [5.74, 6) is -0.309. The lowest BCUT2D eigenvalue weighted by atomic mass is 9.88. The Kier molecular flexibility index (Phi) is 5.44. The Labute approximate surface area is 168 Å². The van der Waals surface area contributed by atoms with Crippen LogP contribution >= 0.6 is 39.5 Å². The molecule has 0 aliphatic heterocycles. The first-order valence-corrected chi connectivity index (χ1v) is 10.0. The Bertz CT molecular complexity index is 885. The third-order valence-corrected chi connectivity index (χ3v) is 6.28. The molecule has 0 aromatic carbocycles. The van der Waals surface area contributed by atoms with Crippen LogP contribution in [-0.2, 0) is 19.9 Å². The molecule has 1 aliphatic carbocycles. The molecule has 0 fully saturated rings. The zero-order valence-corrected chi connectivity index (χ0v) is 17.5. The summed E-state index contributed by atoms with van der Waals surface area (Å²) in [6.45, 7) is 2.19. The molecule has 0 spiro atoms. The lowest BCUT2D eigenvalue weighted by Crippen LogP contribution is -2.35. The SMILES string of the molecule is CC1CCc2c(sc(NC(=S)NC(=O)c3c(Br)cnn3C)c2C(N)=O)C1. The smallest absolute Gasteiger partial charge is 0.276 e. The number of hydrogen-bond acceptors (Lipinski definition) is 5. The average molecular weight is 456 g/mol. The summed E-state index contributed by atoms with van der Waals surface area (Å²) in [5, 5.41) is 10.3. The number of aryl methyl sites for hydroxylation is 1. The van der Waals surface area contributed by atoms with Gasteiger partial charge in [-0.2, -0.15) is 5.10 Å². The zero-order valence-electron chi connectivity index (χ0n) is 14.3. The van der Waals surface area contributed by atoms with Crippen LogP contribution in [0.15, 0.2) is 10.7 Å². The Morgan fingerprint density at radius 2 is 2.23 bits per heavy atom. The summed E-state index contributed by atoms with van der Waals surface area (Å²) in [6, 6.07) is 0. The monoisotopic (exact) mass is 455 g/mol. The van der Waals surface area contributed by atoms with Crippen LogP contribution in [-0.4, -0.2) is 26.7 Å². The van der Waals surface area contributed by atoms with Crippen molar-refractivity contribution in [1.82, 2.24) is 15.1 Å². The van der Waals surface area contributed by atoms with Crippen molar-refractivity contribution in [2.75, 3.05) is 5.32 Å². The van der Waals surface area contributed by atoms with Crippen molar-refractivity contribution >= 4 is 61.4 Å². The highest BCUT2D eigenvalue weighted by Crippen LogP contribution is 2.39. The van der Waals surface area contributed by atoms with E-state index in [1.54, 1.807) is 7.05 Å². The lowest BCUT2D eigenvalue weighted by molar-refractivity contribution is 0.0966. The molecule has 138 valence electrons. The highest BCUT2D eigenvalue weighted by atomic mass is 79.9. The molecule has 7 nitrogen and oxygen atoms in total. The maximum atomic E-state index is 12.4. The number of nitrogens with two attached hydrogens (primary N) is 1. The number of nitrogens with zero attached hydrogens (tertiary/aromatic N) is 2. The molecule has 1 unspecified atom stereocenters. The van der Waals surface area contributed by atoms with Gasteiger partial charge in [0.2, 0.25) is 0 Å². The van der Waals surface area contributed by atoms with Crippen molar-refractivity contribution in [2.45, 2.75) is 26.2 Å². The Morgan fingerprint density at radius 3 is 2.85 bits per heavy atom. The topological polar surface area (TPSA) is 102 Å². The molecule has 10 heteroatoms. The molecule has 2 aromatic rings. The minimum atomic E-state index is -0.483. The molecular weight excluding hydrogens is 438 g/mol. The average Bonchev–Trinajstić information content (AvgIpc) is 3.06. The predicted molar refractivity (Wildman–Crippen MR) is 109 cm³/mol. The second-order valence-electron chi connectivity index (χ2n) is 6.29. The van der Waals surface area contributed by atoms with Crippen molar-refractivity contribution in [1.29, 1.82) is 0 Å². The fourth-order valence-electron chi connectivity index (χ4n) is 3.06. The van der Waals surface area contributed by atoms with Gasteiger partial charge in [0.25, 0.3) is 11.8 Å². The van der Waals surface area contributed by atoms with E-state index in [0.29, 0.717) is 26.6 Å². The Balaban J connectivity index is 1.79. The van der Waals surface area contributed by atoms with Crippen molar-refractivity contribution in [3.05, 3.63) is 32.4 Å². The first kappa shape index (κ1) is 19.0. The van der Waals surface area contributed by atoms with E-state index in [2.05, 4.69) is 38.6 Å². The first-order valence-electron chi connectivity index (χ1n) is 8.02. The molecule has 0 bridgehead atoms. The summed E-state index contributed by atoms with van der Waals surface area (Å²) in [7, 11) is 1.66. The number of rotatable bonds is 3. The highest BCUT2D eigenvalue weighted by Gasteiger charge is 2.27. The number of thiophene rings is 1. The lowest BCUT2D eigenvalue weighted by Gasteiger charge is -2.18. The predicted octanol–water partition coefficient (Wildman–Crippen LogP) is 2.59. The van der Waals surface area contributed by atoms with Gasteiger partial charge >= 0.3 is 0 Å². The van der Waals surface area contributed by atoms with Gasteiger partial charge in [-0.15, -0.1) is 11.3 Å². The number of carbonyl (C=O) groups excluding carboxylic acids is 2. The van der Waals surface area contributed by atoms with Gasteiger partial charge in [-0.05, 0) is 58.9 Å². The molecule has 2 aromatic heterocycles. The van der Waals surface area contributed by atoms with Gasteiger partial charge < -0.3 is 11.1 Å². The van der Waals surface area contributed by atoms with Gasteiger partial charge in [0.15, 0.2) is 5.11 Å². The second-order valence-corrected chi connectivity index (χ2v) is 8.66. The molecule has 1 atom stereocenters. The summed E-state index contributed by atoms with van der Waals surface area (Å²) in [5.41, 5.74) is 7.43. The summed E-state index contributed by atoms with van der Waals surface area (Å²) in [6.07, 6.45) is 4.31.